The second-order valence-corrected chi connectivity index (χ2v) is 8.27. The molecule has 2 unspecified atom stereocenters. The van der Waals surface area contributed by atoms with Gasteiger partial charge in [0.2, 0.25) is 5.89 Å². The lowest BCUT2D eigenvalue weighted by molar-refractivity contribution is 0.0675. The molecule has 1 fully saturated rings. The van der Waals surface area contributed by atoms with Crippen LogP contribution in [-0.2, 0) is 13.0 Å². The zero-order chi connectivity index (χ0) is 21.3. The number of amides is 1. The standard InChI is InChI=1S/C23H34N4O3/c1-3-18(2)14-24-23(29)21-17-30-22(25-21)16-27-11-9-26(10-12-27)15-20(28)13-19-7-5-4-6-8-19/h4-8,17-18,20,28H,3,9-16H2,1-2H3,(H,24,29). The molecule has 7 heteroatoms. The smallest absolute Gasteiger partial charge is 0.273 e. The van der Waals surface area contributed by atoms with Crippen LogP contribution in [0.25, 0.3) is 0 Å². The van der Waals surface area contributed by atoms with E-state index >= 15 is 0 Å². The molecule has 0 spiro atoms. The average molecular weight is 415 g/mol. The van der Waals surface area contributed by atoms with E-state index < -0.39 is 0 Å². The second kappa shape index (κ2) is 11.2. The molecule has 0 radical (unpaired) electrons. The monoisotopic (exact) mass is 414 g/mol. The minimum Gasteiger partial charge on any atom is -0.447 e. The van der Waals surface area contributed by atoms with Gasteiger partial charge in [0, 0.05) is 39.3 Å². The molecule has 2 aromatic rings. The summed E-state index contributed by atoms with van der Waals surface area (Å²) in [5, 5.41) is 13.3. The van der Waals surface area contributed by atoms with Crippen LogP contribution in [0.4, 0.5) is 0 Å². The Kier molecular flexibility index (Phi) is 8.42. The van der Waals surface area contributed by atoms with Crippen molar-refractivity contribution in [3.05, 3.63) is 53.7 Å². The van der Waals surface area contributed by atoms with Crippen LogP contribution in [0.5, 0.6) is 0 Å². The molecule has 2 heterocycles. The number of β-amino-alcohol motifs (C(OH)–C–C–N with tert-alkyl or cyclic N) is 1. The highest BCUT2D eigenvalue weighted by Crippen LogP contribution is 2.11. The first kappa shape index (κ1) is 22.5. The summed E-state index contributed by atoms with van der Waals surface area (Å²) < 4.78 is 5.51. The molecule has 1 amide bonds. The number of aromatic nitrogens is 1. The van der Waals surface area contributed by atoms with Gasteiger partial charge in [-0.2, -0.15) is 0 Å². The minimum absolute atomic E-state index is 0.178. The van der Waals surface area contributed by atoms with Gasteiger partial charge < -0.3 is 14.8 Å². The maximum absolute atomic E-state index is 12.2. The van der Waals surface area contributed by atoms with Gasteiger partial charge in [0.1, 0.15) is 6.26 Å². The summed E-state index contributed by atoms with van der Waals surface area (Å²) >= 11 is 0. The van der Waals surface area contributed by atoms with Crippen LogP contribution in [0, 0.1) is 5.92 Å². The van der Waals surface area contributed by atoms with Crippen molar-refractivity contribution in [2.24, 2.45) is 5.92 Å². The predicted octanol–water partition coefficient (Wildman–Crippen LogP) is 2.17. The molecule has 2 N–H and O–H groups in total. The first-order chi connectivity index (χ1) is 14.5. The van der Waals surface area contributed by atoms with Crippen molar-refractivity contribution in [3.63, 3.8) is 0 Å². The third-order valence-electron chi connectivity index (χ3n) is 5.70. The summed E-state index contributed by atoms with van der Waals surface area (Å²) in [5.74, 6) is 0.839. The summed E-state index contributed by atoms with van der Waals surface area (Å²) in [4.78, 5) is 21.1. The van der Waals surface area contributed by atoms with E-state index in [4.69, 9.17) is 4.42 Å². The molecular formula is C23H34N4O3. The topological polar surface area (TPSA) is 81.8 Å². The predicted molar refractivity (Wildman–Crippen MR) is 116 cm³/mol. The first-order valence-corrected chi connectivity index (χ1v) is 10.9. The lowest BCUT2D eigenvalue weighted by atomic mass is 10.1. The summed E-state index contributed by atoms with van der Waals surface area (Å²) in [5.41, 5.74) is 1.51. The molecule has 2 atom stereocenters. The zero-order valence-corrected chi connectivity index (χ0v) is 18.1. The highest BCUT2D eigenvalue weighted by Gasteiger charge is 2.21. The number of hydrogen-bond acceptors (Lipinski definition) is 6. The maximum atomic E-state index is 12.2. The Morgan fingerprint density at radius 1 is 1.20 bits per heavy atom. The van der Waals surface area contributed by atoms with Crippen molar-refractivity contribution in [1.82, 2.24) is 20.1 Å². The van der Waals surface area contributed by atoms with Gasteiger partial charge in [-0.3, -0.25) is 14.6 Å². The van der Waals surface area contributed by atoms with E-state index in [1.807, 2.05) is 18.2 Å². The van der Waals surface area contributed by atoms with E-state index in [-0.39, 0.29) is 12.0 Å². The number of carbonyl (C=O) groups excluding carboxylic acids is 1. The second-order valence-electron chi connectivity index (χ2n) is 8.27. The maximum Gasteiger partial charge on any atom is 0.273 e. The number of hydrogen-bond donors (Lipinski definition) is 2. The number of aliphatic hydroxyl groups is 1. The molecule has 30 heavy (non-hydrogen) atoms. The number of carbonyl (C=O) groups is 1. The average Bonchev–Trinajstić information content (AvgIpc) is 3.22. The molecule has 1 saturated heterocycles. The first-order valence-electron chi connectivity index (χ1n) is 10.9. The number of rotatable bonds is 10. The number of oxazole rings is 1. The van der Waals surface area contributed by atoms with Crippen LogP contribution in [-0.4, -0.2) is 71.2 Å². The summed E-state index contributed by atoms with van der Waals surface area (Å²) in [6, 6.07) is 10.1. The fourth-order valence-corrected chi connectivity index (χ4v) is 3.56. The van der Waals surface area contributed by atoms with Crippen molar-refractivity contribution in [3.8, 4) is 0 Å². The van der Waals surface area contributed by atoms with Gasteiger partial charge >= 0.3 is 0 Å². The molecular weight excluding hydrogens is 380 g/mol. The molecule has 1 aliphatic heterocycles. The highest BCUT2D eigenvalue weighted by molar-refractivity contribution is 5.91. The summed E-state index contributed by atoms with van der Waals surface area (Å²) in [7, 11) is 0. The highest BCUT2D eigenvalue weighted by atomic mass is 16.3. The van der Waals surface area contributed by atoms with Gasteiger partial charge in [-0.15, -0.1) is 0 Å². The Morgan fingerprint density at radius 3 is 2.60 bits per heavy atom. The van der Waals surface area contributed by atoms with Crippen LogP contribution in [0.2, 0.25) is 0 Å². The van der Waals surface area contributed by atoms with Crippen molar-refractivity contribution >= 4 is 5.91 Å². The summed E-state index contributed by atoms with van der Waals surface area (Å²) in [6.45, 7) is 9.70. The normalized spacial score (nSPS) is 17.6. The largest absolute Gasteiger partial charge is 0.447 e. The van der Waals surface area contributed by atoms with E-state index in [2.05, 4.69) is 46.1 Å². The summed E-state index contributed by atoms with van der Waals surface area (Å²) in [6.07, 6.45) is 2.79. The van der Waals surface area contributed by atoms with Crippen LogP contribution in [0.3, 0.4) is 0 Å². The minimum atomic E-state index is -0.359. The van der Waals surface area contributed by atoms with Gasteiger partial charge in [-0.1, -0.05) is 50.6 Å². The molecule has 1 aromatic heterocycles. The molecule has 0 aliphatic carbocycles. The van der Waals surface area contributed by atoms with Crippen LogP contribution >= 0.6 is 0 Å². The molecule has 164 valence electrons. The SMILES string of the molecule is CCC(C)CNC(=O)c1coc(CN2CCN(CC(O)Cc3ccccc3)CC2)n1. The van der Waals surface area contributed by atoms with Crippen molar-refractivity contribution in [2.45, 2.75) is 39.3 Å². The lowest BCUT2D eigenvalue weighted by Gasteiger charge is -2.35. The lowest BCUT2D eigenvalue weighted by Crippen LogP contribution is -2.48. The van der Waals surface area contributed by atoms with Gasteiger partial charge in [-0.25, -0.2) is 4.98 Å². The van der Waals surface area contributed by atoms with Gasteiger partial charge in [0.05, 0.1) is 12.6 Å². The quantitative estimate of drug-likeness (QED) is 0.620. The Bertz CT molecular complexity index is 772. The fourth-order valence-electron chi connectivity index (χ4n) is 3.56. The van der Waals surface area contributed by atoms with E-state index in [1.165, 1.54) is 6.26 Å². The number of aliphatic hydroxyl groups excluding tert-OH is 1. The Labute approximate surface area is 179 Å². The number of piperazine rings is 1. The van der Waals surface area contributed by atoms with E-state index in [0.29, 0.717) is 43.6 Å². The fraction of sp³-hybridized carbons (Fsp3) is 0.565. The van der Waals surface area contributed by atoms with Crippen molar-refractivity contribution < 1.29 is 14.3 Å². The third kappa shape index (κ3) is 6.93. The third-order valence-corrected chi connectivity index (χ3v) is 5.70. The van der Waals surface area contributed by atoms with Crippen LogP contribution in [0.1, 0.15) is 42.2 Å². The van der Waals surface area contributed by atoms with Crippen LogP contribution < -0.4 is 5.32 Å². The van der Waals surface area contributed by atoms with E-state index in [0.717, 1.165) is 38.2 Å². The molecule has 3 rings (SSSR count). The van der Waals surface area contributed by atoms with Crippen molar-refractivity contribution in [2.75, 3.05) is 39.3 Å². The molecule has 0 saturated carbocycles. The Hall–Kier alpha value is -2.22. The van der Waals surface area contributed by atoms with Gasteiger partial charge in [0.25, 0.3) is 5.91 Å². The Morgan fingerprint density at radius 2 is 1.90 bits per heavy atom. The van der Waals surface area contributed by atoms with Crippen LogP contribution in [0.15, 0.2) is 41.0 Å². The van der Waals surface area contributed by atoms with Crippen molar-refractivity contribution in [1.29, 1.82) is 0 Å². The van der Waals surface area contributed by atoms with Gasteiger partial charge in [0.15, 0.2) is 5.69 Å². The number of nitrogens with zero attached hydrogens (tertiary/aromatic N) is 3. The Balaban J connectivity index is 1.38. The molecule has 0 bridgehead atoms. The molecule has 1 aliphatic rings. The molecule has 1 aromatic carbocycles. The number of nitrogens with one attached hydrogen (secondary N) is 1. The molecule has 7 nitrogen and oxygen atoms in total. The van der Waals surface area contributed by atoms with E-state index in [1.54, 1.807) is 0 Å². The zero-order valence-electron chi connectivity index (χ0n) is 18.1. The van der Waals surface area contributed by atoms with E-state index in [9.17, 15) is 9.90 Å². The number of benzene rings is 1. The van der Waals surface area contributed by atoms with Gasteiger partial charge in [-0.05, 0) is 17.9 Å².